The molecule has 0 radical (unpaired) electrons. The van der Waals surface area contributed by atoms with E-state index >= 15 is 0 Å². The number of hydrogen-bond donors (Lipinski definition) is 0. The van der Waals surface area contributed by atoms with Crippen LogP contribution in [0, 0.1) is 11.3 Å². The van der Waals surface area contributed by atoms with E-state index in [0.717, 1.165) is 12.8 Å². The summed E-state index contributed by atoms with van der Waals surface area (Å²) in [5.74, 6) is 0. The van der Waals surface area contributed by atoms with Crippen molar-refractivity contribution in [3.05, 3.63) is 24.0 Å². The van der Waals surface area contributed by atoms with Crippen LogP contribution in [0.25, 0.3) is 0 Å². The molecule has 2 heterocycles. The van der Waals surface area contributed by atoms with Crippen molar-refractivity contribution in [1.82, 2.24) is 14.2 Å². The van der Waals surface area contributed by atoms with Gasteiger partial charge in [0, 0.05) is 25.3 Å². The summed E-state index contributed by atoms with van der Waals surface area (Å²) in [6.07, 6.45) is 3.12. The van der Waals surface area contributed by atoms with Gasteiger partial charge >= 0.3 is 0 Å². The van der Waals surface area contributed by atoms with Crippen molar-refractivity contribution in [1.29, 1.82) is 5.26 Å². The Hall–Kier alpha value is -1.49. The van der Waals surface area contributed by atoms with E-state index in [1.165, 1.54) is 16.6 Å². The fourth-order valence-corrected chi connectivity index (χ4v) is 4.32. The molecule has 0 aliphatic carbocycles. The molecule has 1 unspecified atom stereocenters. The topological polar surface area (TPSA) is 77.3 Å². The molecular weight excluding hydrogens is 276 g/mol. The lowest BCUT2D eigenvalue weighted by Gasteiger charge is -2.26. The van der Waals surface area contributed by atoms with Crippen LogP contribution in [-0.4, -0.2) is 55.8 Å². The smallest absolute Gasteiger partial charge is 0.246 e. The van der Waals surface area contributed by atoms with Crippen LogP contribution in [0.5, 0.6) is 0 Å². The average molecular weight is 294 g/mol. The summed E-state index contributed by atoms with van der Waals surface area (Å²) in [5.41, 5.74) is -0.0389. The SMILES string of the molecule is CN(C)CC1CCCN1S(=O)(=O)c1cccnc1C#N. The molecule has 1 aliphatic rings. The van der Waals surface area contributed by atoms with Gasteiger partial charge in [-0.1, -0.05) is 0 Å². The standard InChI is InChI=1S/C13H18N4O2S/c1-16(2)10-11-5-4-8-17(11)20(18,19)13-6-3-7-15-12(13)9-14/h3,6-7,11H,4-5,8,10H2,1-2H3. The van der Waals surface area contributed by atoms with E-state index in [1.54, 1.807) is 6.07 Å². The van der Waals surface area contributed by atoms with Crippen LogP contribution < -0.4 is 0 Å². The number of nitriles is 1. The molecule has 1 saturated heterocycles. The third-order valence-corrected chi connectivity index (χ3v) is 5.35. The Morgan fingerprint density at radius 1 is 1.55 bits per heavy atom. The highest BCUT2D eigenvalue weighted by Gasteiger charge is 2.36. The van der Waals surface area contributed by atoms with Gasteiger partial charge in [0.1, 0.15) is 11.0 Å². The van der Waals surface area contributed by atoms with Gasteiger partial charge in [0.25, 0.3) is 0 Å². The number of pyridine rings is 1. The number of rotatable bonds is 4. The third-order valence-electron chi connectivity index (χ3n) is 3.36. The van der Waals surface area contributed by atoms with E-state index < -0.39 is 10.0 Å². The Labute approximate surface area is 119 Å². The lowest BCUT2D eigenvalue weighted by molar-refractivity contribution is 0.291. The zero-order chi connectivity index (χ0) is 14.8. The van der Waals surface area contributed by atoms with E-state index in [2.05, 4.69) is 4.98 Å². The zero-order valence-corrected chi connectivity index (χ0v) is 12.5. The van der Waals surface area contributed by atoms with Gasteiger partial charge in [-0.2, -0.15) is 9.57 Å². The van der Waals surface area contributed by atoms with Gasteiger partial charge < -0.3 is 4.90 Å². The highest BCUT2D eigenvalue weighted by molar-refractivity contribution is 7.89. The second-order valence-electron chi connectivity index (χ2n) is 5.14. The molecule has 0 bridgehead atoms. The first kappa shape index (κ1) is 14.9. The van der Waals surface area contributed by atoms with Crippen LogP contribution in [0.3, 0.4) is 0 Å². The summed E-state index contributed by atoms with van der Waals surface area (Å²) in [7, 11) is 0.194. The number of likely N-dealkylation sites (N-methyl/N-ethyl adjacent to an activating group) is 1. The molecule has 6 nitrogen and oxygen atoms in total. The highest BCUT2D eigenvalue weighted by atomic mass is 32.2. The molecule has 1 aromatic rings. The molecule has 1 aromatic heterocycles. The number of hydrogen-bond acceptors (Lipinski definition) is 5. The Balaban J connectivity index is 2.37. The predicted molar refractivity (Wildman–Crippen MR) is 74.4 cm³/mol. The molecule has 108 valence electrons. The largest absolute Gasteiger partial charge is 0.308 e. The predicted octanol–water partition coefficient (Wildman–Crippen LogP) is 0.668. The van der Waals surface area contributed by atoms with Crippen molar-refractivity contribution >= 4 is 10.0 Å². The van der Waals surface area contributed by atoms with Crippen molar-refractivity contribution < 1.29 is 8.42 Å². The fraction of sp³-hybridized carbons (Fsp3) is 0.538. The van der Waals surface area contributed by atoms with Crippen LogP contribution >= 0.6 is 0 Å². The summed E-state index contributed by atoms with van der Waals surface area (Å²) < 4.78 is 26.9. The minimum atomic E-state index is -3.65. The summed E-state index contributed by atoms with van der Waals surface area (Å²) in [4.78, 5) is 5.83. The fourth-order valence-electron chi connectivity index (χ4n) is 2.54. The van der Waals surface area contributed by atoms with Gasteiger partial charge in [-0.3, -0.25) is 0 Å². The molecule has 0 N–H and O–H groups in total. The van der Waals surface area contributed by atoms with Crippen molar-refractivity contribution in [2.24, 2.45) is 0 Å². The molecule has 0 spiro atoms. The first-order valence-electron chi connectivity index (χ1n) is 6.48. The lowest BCUT2D eigenvalue weighted by Crippen LogP contribution is -2.41. The maximum Gasteiger partial charge on any atom is 0.246 e. The number of aromatic nitrogens is 1. The van der Waals surface area contributed by atoms with Crippen LogP contribution in [0.4, 0.5) is 0 Å². The number of nitrogens with zero attached hydrogens (tertiary/aromatic N) is 4. The van der Waals surface area contributed by atoms with E-state index in [9.17, 15) is 8.42 Å². The Morgan fingerprint density at radius 3 is 2.95 bits per heavy atom. The van der Waals surface area contributed by atoms with Gasteiger partial charge in [0.05, 0.1) is 0 Å². The van der Waals surface area contributed by atoms with Crippen LogP contribution in [0.2, 0.25) is 0 Å². The molecule has 1 aliphatic heterocycles. The van der Waals surface area contributed by atoms with E-state index in [0.29, 0.717) is 13.1 Å². The maximum atomic E-state index is 12.7. The van der Waals surface area contributed by atoms with E-state index in [1.807, 2.05) is 25.1 Å². The minimum absolute atomic E-state index is 0.00755. The molecule has 2 rings (SSSR count). The van der Waals surface area contributed by atoms with Gasteiger partial charge in [0.2, 0.25) is 10.0 Å². The molecule has 7 heteroatoms. The lowest BCUT2D eigenvalue weighted by atomic mass is 10.2. The van der Waals surface area contributed by atoms with Crippen LogP contribution in [-0.2, 0) is 10.0 Å². The third kappa shape index (κ3) is 2.82. The normalized spacial score (nSPS) is 20.2. The van der Waals surface area contributed by atoms with Crippen LogP contribution in [0.1, 0.15) is 18.5 Å². The molecule has 1 atom stereocenters. The first-order valence-corrected chi connectivity index (χ1v) is 7.92. The summed E-state index contributed by atoms with van der Waals surface area (Å²) >= 11 is 0. The molecule has 0 saturated carbocycles. The molecule has 1 fully saturated rings. The van der Waals surface area contributed by atoms with Crippen molar-refractivity contribution in [3.8, 4) is 6.07 Å². The second-order valence-corrected chi connectivity index (χ2v) is 6.99. The Kier molecular flexibility index (Phi) is 4.38. The summed E-state index contributed by atoms with van der Waals surface area (Å²) in [6, 6.07) is 4.81. The van der Waals surface area contributed by atoms with Crippen molar-refractivity contribution in [2.75, 3.05) is 27.2 Å². The van der Waals surface area contributed by atoms with Gasteiger partial charge in [-0.05, 0) is 39.1 Å². The summed E-state index contributed by atoms with van der Waals surface area (Å²) in [6.45, 7) is 1.18. The zero-order valence-electron chi connectivity index (χ0n) is 11.7. The average Bonchev–Trinajstić information content (AvgIpc) is 2.86. The van der Waals surface area contributed by atoms with Gasteiger partial charge in [-0.25, -0.2) is 13.4 Å². The molecule has 0 amide bonds. The van der Waals surface area contributed by atoms with E-state index in [-0.39, 0.29) is 16.6 Å². The highest BCUT2D eigenvalue weighted by Crippen LogP contribution is 2.27. The monoisotopic (exact) mass is 294 g/mol. The van der Waals surface area contributed by atoms with Crippen molar-refractivity contribution in [2.45, 2.75) is 23.8 Å². The van der Waals surface area contributed by atoms with Gasteiger partial charge in [0.15, 0.2) is 5.69 Å². The summed E-state index contributed by atoms with van der Waals surface area (Å²) in [5, 5.41) is 9.03. The van der Waals surface area contributed by atoms with E-state index in [4.69, 9.17) is 5.26 Å². The Bertz CT molecular complexity index is 622. The van der Waals surface area contributed by atoms with Crippen molar-refractivity contribution in [3.63, 3.8) is 0 Å². The maximum absolute atomic E-state index is 12.7. The first-order chi connectivity index (χ1) is 9.46. The quantitative estimate of drug-likeness (QED) is 0.815. The molecule has 20 heavy (non-hydrogen) atoms. The molecular formula is C13H18N4O2S. The number of sulfonamides is 1. The van der Waals surface area contributed by atoms with Gasteiger partial charge in [-0.15, -0.1) is 0 Å². The second kappa shape index (κ2) is 5.87. The minimum Gasteiger partial charge on any atom is -0.308 e. The molecule has 0 aromatic carbocycles. The Morgan fingerprint density at radius 2 is 2.30 bits per heavy atom. The van der Waals surface area contributed by atoms with Crippen LogP contribution in [0.15, 0.2) is 23.2 Å².